The first-order chi connectivity index (χ1) is 9.51. The van der Waals surface area contributed by atoms with Crippen LogP contribution in [0, 0.1) is 20.8 Å². The Balaban J connectivity index is 2.31. The second kappa shape index (κ2) is 6.51. The fourth-order valence-electron chi connectivity index (χ4n) is 2.83. The van der Waals surface area contributed by atoms with E-state index in [1.54, 1.807) is 0 Å². The van der Waals surface area contributed by atoms with Crippen molar-refractivity contribution >= 4 is 15.9 Å². The summed E-state index contributed by atoms with van der Waals surface area (Å²) in [7, 11) is 2.02. The highest BCUT2D eigenvalue weighted by Gasteiger charge is 2.16. The van der Waals surface area contributed by atoms with Gasteiger partial charge in [-0.2, -0.15) is 0 Å². The molecule has 0 radical (unpaired) electrons. The van der Waals surface area contributed by atoms with Gasteiger partial charge in [0.1, 0.15) is 0 Å². The van der Waals surface area contributed by atoms with Crippen molar-refractivity contribution in [2.45, 2.75) is 33.2 Å². The Morgan fingerprint density at radius 3 is 2.30 bits per heavy atom. The summed E-state index contributed by atoms with van der Waals surface area (Å²) in [4.78, 5) is 4.48. The molecule has 2 aromatic rings. The van der Waals surface area contributed by atoms with E-state index in [0.717, 1.165) is 16.6 Å². The predicted molar refractivity (Wildman–Crippen MR) is 88.1 cm³/mol. The van der Waals surface area contributed by atoms with Gasteiger partial charge in [0.15, 0.2) is 0 Å². The minimum Gasteiger partial charge on any atom is -0.313 e. The topological polar surface area (TPSA) is 24.9 Å². The van der Waals surface area contributed by atoms with Crippen molar-refractivity contribution in [2.75, 3.05) is 7.05 Å². The van der Waals surface area contributed by atoms with Gasteiger partial charge < -0.3 is 5.32 Å². The first kappa shape index (κ1) is 15.2. The van der Waals surface area contributed by atoms with E-state index in [1.165, 1.54) is 22.3 Å². The van der Waals surface area contributed by atoms with Crippen LogP contribution in [0.5, 0.6) is 0 Å². The summed E-state index contributed by atoms with van der Waals surface area (Å²) in [6, 6.07) is 8.92. The quantitative estimate of drug-likeness (QED) is 0.904. The Hall–Kier alpha value is -1.19. The fraction of sp³-hybridized carbons (Fsp3) is 0.353. The van der Waals surface area contributed by atoms with Crippen molar-refractivity contribution in [3.05, 3.63) is 62.9 Å². The Bertz CT molecular complexity index is 567. The highest BCUT2D eigenvalue weighted by Crippen LogP contribution is 2.26. The molecule has 20 heavy (non-hydrogen) atoms. The molecule has 106 valence electrons. The number of pyridine rings is 1. The molecule has 2 rings (SSSR count). The first-order valence-corrected chi connectivity index (χ1v) is 7.66. The summed E-state index contributed by atoms with van der Waals surface area (Å²) >= 11 is 3.43. The molecule has 1 unspecified atom stereocenters. The van der Waals surface area contributed by atoms with Gasteiger partial charge in [0.2, 0.25) is 0 Å². The lowest BCUT2D eigenvalue weighted by Gasteiger charge is -2.21. The number of aromatic nitrogens is 1. The van der Waals surface area contributed by atoms with Crippen LogP contribution >= 0.6 is 15.9 Å². The van der Waals surface area contributed by atoms with Crippen LogP contribution in [-0.4, -0.2) is 12.0 Å². The van der Waals surface area contributed by atoms with Crippen molar-refractivity contribution in [2.24, 2.45) is 0 Å². The van der Waals surface area contributed by atoms with E-state index < -0.39 is 0 Å². The second-order valence-electron chi connectivity index (χ2n) is 5.33. The van der Waals surface area contributed by atoms with Gasteiger partial charge in [-0.25, -0.2) is 0 Å². The van der Waals surface area contributed by atoms with E-state index in [4.69, 9.17) is 0 Å². The van der Waals surface area contributed by atoms with Crippen molar-refractivity contribution in [3.8, 4) is 0 Å². The number of hydrogen-bond acceptors (Lipinski definition) is 2. The molecule has 0 fully saturated rings. The van der Waals surface area contributed by atoms with Crippen molar-refractivity contribution in [1.29, 1.82) is 0 Å². The largest absolute Gasteiger partial charge is 0.313 e. The zero-order chi connectivity index (χ0) is 14.7. The van der Waals surface area contributed by atoms with Gasteiger partial charge >= 0.3 is 0 Å². The van der Waals surface area contributed by atoms with Gasteiger partial charge in [0.25, 0.3) is 0 Å². The third-order valence-corrected chi connectivity index (χ3v) is 4.11. The molecule has 0 saturated carbocycles. The van der Waals surface area contributed by atoms with Crippen molar-refractivity contribution < 1.29 is 0 Å². The van der Waals surface area contributed by atoms with Crippen LogP contribution in [-0.2, 0) is 6.42 Å². The smallest absolute Gasteiger partial charge is 0.0423 e. The zero-order valence-electron chi connectivity index (χ0n) is 12.5. The number of likely N-dealkylation sites (N-methyl/N-ethyl adjacent to an activating group) is 1. The molecule has 2 nitrogen and oxygen atoms in total. The minimum atomic E-state index is 0.296. The lowest BCUT2D eigenvalue weighted by molar-refractivity contribution is 0.578. The average Bonchev–Trinajstić information content (AvgIpc) is 2.38. The van der Waals surface area contributed by atoms with Gasteiger partial charge in [0, 0.05) is 28.8 Å². The monoisotopic (exact) mass is 332 g/mol. The van der Waals surface area contributed by atoms with E-state index in [1.807, 2.05) is 19.3 Å². The zero-order valence-corrected chi connectivity index (χ0v) is 14.1. The van der Waals surface area contributed by atoms with Crippen LogP contribution in [0.1, 0.15) is 34.0 Å². The normalized spacial score (nSPS) is 12.4. The number of aryl methyl sites for hydroxylation is 3. The maximum atomic E-state index is 4.48. The fourth-order valence-corrected chi connectivity index (χ4v) is 3.06. The molecule has 0 amide bonds. The summed E-state index contributed by atoms with van der Waals surface area (Å²) in [5.41, 5.74) is 6.51. The molecule has 1 atom stereocenters. The number of halogens is 1. The predicted octanol–water partition coefficient (Wildman–Crippen LogP) is 4.27. The van der Waals surface area contributed by atoms with Gasteiger partial charge in [-0.05, 0) is 72.6 Å². The van der Waals surface area contributed by atoms with Crippen LogP contribution in [0.2, 0.25) is 0 Å². The number of nitrogens with one attached hydrogen (secondary N) is 1. The molecule has 0 aliphatic heterocycles. The Labute approximate surface area is 129 Å². The van der Waals surface area contributed by atoms with Gasteiger partial charge in [-0.15, -0.1) is 0 Å². The van der Waals surface area contributed by atoms with Gasteiger partial charge in [-0.1, -0.05) is 17.7 Å². The molecular weight excluding hydrogens is 312 g/mol. The van der Waals surface area contributed by atoms with E-state index >= 15 is 0 Å². The molecule has 1 aromatic carbocycles. The number of hydrogen-bond donors (Lipinski definition) is 1. The molecule has 0 aliphatic carbocycles. The van der Waals surface area contributed by atoms with Crippen molar-refractivity contribution in [1.82, 2.24) is 10.3 Å². The van der Waals surface area contributed by atoms with Crippen LogP contribution < -0.4 is 5.32 Å². The minimum absolute atomic E-state index is 0.296. The summed E-state index contributed by atoms with van der Waals surface area (Å²) in [6.07, 6.45) is 2.76. The second-order valence-corrected chi connectivity index (χ2v) is 6.24. The van der Waals surface area contributed by atoms with E-state index in [0.29, 0.717) is 6.04 Å². The van der Waals surface area contributed by atoms with Crippen LogP contribution in [0.4, 0.5) is 0 Å². The molecule has 1 heterocycles. The lowest BCUT2D eigenvalue weighted by atomic mass is 9.91. The number of rotatable bonds is 4. The third-order valence-electron chi connectivity index (χ3n) is 3.64. The highest BCUT2D eigenvalue weighted by molar-refractivity contribution is 9.10. The maximum Gasteiger partial charge on any atom is 0.0423 e. The molecule has 0 bridgehead atoms. The van der Waals surface area contributed by atoms with E-state index in [9.17, 15) is 0 Å². The van der Waals surface area contributed by atoms with Gasteiger partial charge in [-0.3, -0.25) is 4.98 Å². The summed E-state index contributed by atoms with van der Waals surface area (Å²) in [5, 5.41) is 3.43. The number of benzene rings is 1. The Morgan fingerprint density at radius 1 is 1.15 bits per heavy atom. The average molecular weight is 333 g/mol. The van der Waals surface area contributed by atoms with Gasteiger partial charge in [0.05, 0.1) is 0 Å². The molecule has 0 spiro atoms. The Kier molecular flexibility index (Phi) is 4.95. The Morgan fingerprint density at radius 2 is 1.80 bits per heavy atom. The molecule has 1 N–H and O–H groups in total. The SMILES string of the molecule is CNC(Cc1ccc(Br)cn1)c1c(C)cc(C)cc1C. The summed E-state index contributed by atoms with van der Waals surface area (Å²) in [6.45, 7) is 6.53. The van der Waals surface area contributed by atoms with E-state index in [2.05, 4.69) is 65.2 Å². The van der Waals surface area contributed by atoms with Crippen LogP contribution in [0.15, 0.2) is 34.9 Å². The third kappa shape index (κ3) is 3.47. The first-order valence-electron chi connectivity index (χ1n) is 6.86. The maximum absolute atomic E-state index is 4.48. The lowest BCUT2D eigenvalue weighted by Crippen LogP contribution is -2.21. The molecule has 0 saturated heterocycles. The number of nitrogens with zero attached hydrogens (tertiary/aromatic N) is 1. The van der Waals surface area contributed by atoms with Crippen molar-refractivity contribution in [3.63, 3.8) is 0 Å². The molecule has 0 aliphatic rings. The molecule has 1 aromatic heterocycles. The van der Waals surface area contributed by atoms with Crippen LogP contribution in [0.3, 0.4) is 0 Å². The molecule has 3 heteroatoms. The standard InChI is InChI=1S/C17H21BrN2/c1-11-7-12(2)17(13(3)8-11)16(19-4)9-15-6-5-14(18)10-20-15/h5-8,10,16,19H,9H2,1-4H3. The summed E-state index contributed by atoms with van der Waals surface area (Å²) in [5.74, 6) is 0. The summed E-state index contributed by atoms with van der Waals surface area (Å²) < 4.78 is 1.02. The molecular formula is C17H21BrN2. The van der Waals surface area contributed by atoms with Crippen LogP contribution in [0.25, 0.3) is 0 Å². The highest BCUT2D eigenvalue weighted by atomic mass is 79.9. The van der Waals surface area contributed by atoms with E-state index in [-0.39, 0.29) is 0 Å².